The molecule has 2 N–H and O–H groups in total. The van der Waals surface area contributed by atoms with Crippen LogP contribution in [0.4, 0.5) is 4.79 Å². The number of rotatable bonds is 3. The average molecular weight is 294 g/mol. The summed E-state index contributed by atoms with van der Waals surface area (Å²) in [4.78, 5) is 16.4. The number of nitrogens with zero attached hydrogens (tertiary/aromatic N) is 2. The summed E-state index contributed by atoms with van der Waals surface area (Å²) in [6, 6.07) is 15.3. The summed E-state index contributed by atoms with van der Waals surface area (Å²) < 4.78 is 1.62. The van der Waals surface area contributed by atoms with E-state index in [4.69, 9.17) is 0 Å². The topological polar surface area (TPSA) is 59.0 Å². The second-order valence-electron chi connectivity index (χ2n) is 5.27. The maximum atomic E-state index is 12.2. The van der Waals surface area contributed by atoms with Gasteiger partial charge in [-0.3, -0.25) is 0 Å². The van der Waals surface area contributed by atoms with E-state index >= 15 is 0 Å². The number of nitrogens with one attached hydrogen (secondary N) is 2. The highest BCUT2D eigenvalue weighted by Gasteiger charge is 2.12. The summed E-state index contributed by atoms with van der Waals surface area (Å²) in [5.41, 5.74) is 6.75. The molecule has 0 saturated heterocycles. The number of imidazole rings is 1. The van der Waals surface area contributed by atoms with Gasteiger partial charge in [0.15, 0.2) is 0 Å². The van der Waals surface area contributed by atoms with Crippen molar-refractivity contribution in [2.24, 2.45) is 0 Å². The fourth-order valence-electron chi connectivity index (χ4n) is 2.54. The Kier molecular flexibility index (Phi) is 3.78. The lowest BCUT2D eigenvalue weighted by Gasteiger charge is -2.17. The van der Waals surface area contributed by atoms with Crippen molar-refractivity contribution in [2.75, 3.05) is 5.43 Å². The zero-order chi connectivity index (χ0) is 15.5. The molecule has 0 saturated carbocycles. The number of aromatic nitrogens is 2. The van der Waals surface area contributed by atoms with Crippen molar-refractivity contribution in [3.63, 3.8) is 0 Å². The summed E-state index contributed by atoms with van der Waals surface area (Å²) in [5.74, 6) is 0. The van der Waals surface area contributed by atoms with Gasteiger partial charge in [0, 0.05) is 0 Å². The zero-order valence-electron chi connectivity index (χ0n) is 12.6. The van der Waals surface area contributed by atoms with Gasteiger partial charge in [-0.15, -0.1) is 0 Å². The maximum Gasteiger partial charge on any atom is 0.334 e. The van der Waals surface area contributed by atoms with E-state index in [0.717, 1.165) is 22.2 Å². The summed E-state index contributed by atoms with van der Waals surface area (Å²) in [6.45, 7) is 4.00. The van der Waals surface area contributed by atoms with E-state index in [-0.39, 0.29) is 12.1 Å². The maximum absolute atomic E-state index is 12.2. The number of carbonyl (C=O) groups excluding carboxylic acids is 1. The highest BCUT2D eigenvalue weighted by molar-refractivity contribution is 5.85. The first-order chi connectivity index (χ1) is 10.6. The number of hydrogen-bond donors (Lipinski definition) is 2. The predicted octanol–water partition coefficient (Wildman–Crippen LogP) is 3.36. The molecule has 0 aliphatic carbocycles. The largest absolute Gasteiger partial charge is 0.334 e. The van der Waals surface area contributed by atoms with Crippen molar-refractivity contribution in [3.05, 3.63) is 66.0 Å². The van der Waals surface area contributed by atoms with Gasteiger partial charge in [0.2, 0.25) is 0 Å². The Labute approximate surface area is 129 Å². The minimum absolute atomic E-state index is 0.0732. The number of fused-ring (bicyclic) bond motifs is 1. The van der Waals surface area contributed by atoms with Crippen LogP contribution in [0.1, 0.15) is 24.1 Å². The summed E-state index contributed by atoms with van der Waals surface area (Å²) in [6.07, 6.45) is 1.60. The lowest BCUT2D eigenvalue weighted by atomic mass is 10.0. The molecule has 0 fully saturated rings. The monoisotopic (exact) mass is 294 g/mol. The third kappa shape index (κ3) is 2.79. The highest BCUT2D eigenvalue weighted by atomic mass is 16.2. The quantitative estimate of drug-likeness (QED) is 0.778. The Morgan fingerprint density at radius 1 is 1.14 bits per heavy atom. The SMILES string of the molecule is Cc1ccccc1C(C)NC(=O)Nn1cnc2ccccc21. The fraction of sp³-hybridized carbons (Fsp3) is 0.176. The molecule has 1 aromatic heterocycles. The molecule has 1 heterocycles. The van der Waals surface area contributed by atoms with Crippen molar-refractivity contribution in [3.8, 4) is 0 Å². The second-order valence-corrected chi connectivity index (χ2v) is 5.27. The number of carbonyl (C=O) groups is 1. The van der Waals surface area contributed by atoms with Crippen LogP contribution in [0.25, 0.3) is 11.0 Å². The Morgan fingerprint density at radius 2 is 1.86 bits per heavy atom. The number of hydrogen-bond acceptors (Lipinski definition) is 2. The van der Waals surface area contributed by atoms with Gasteiger partial charge in [0.05, 0.1) is 17.1 Å². The van der Waals surface area contributed by atoms with Crippen LogP contribution in [0.2, 0.25) is 0 Å². The third-order valence-electron chi connectivity index (χ3n) is 3.68. The lowest BCUT2D eigenvalue weighted by Crippen LogP contribution is -2.35. The molecule has 3 aromatic rings. The Hall–Kier alpha value is -2.82. The highest BCUT2D eigenvalue weighted by Crippen LogP contribution is 2.16. The molecule has 0 aliphatic heterocycles. The van der Waals surface area contributed by atoms with Gasteiger partial charge in [-0.1, -0.05) is 36.4 Å². The molecular weight excluding hydrogens is 276 g/mol. The molecule has 3 rings (SSSR count). The van der Waals surface area contributed by atoms with Gasteiger partial charge >= 0.3 is 6.03 Å². The van der Waals surface area contributed by atoms with Gasteiger partial charge in [-0.25, -0.2) is 19.9 Å². The normalized spacial score (nSPS) is 12.1. The summed E-state index contributed by atoms with van der Waals surface area (Å²) in [7, 11) is 0. The predicted molar refractivity (Wildman–Crippen MR) is 87.2 cm³/mol. The molecule has 0 aliphatic rings. The molecule has 1 unspecified atom stereocenters. The minimum Gasteiger partial charge on any atom is -0.330 e. The van der Waals surface area contributed by atoms with Gasteiger partial charge < -0.3 is 5.32 Å². The summed E-state index contributed by atoms with van der Waals surface area (Å²) >= 11 is 0. The number of urea groups is 1. The number of para-hydroxylation sites is 2. The van der Waals surface area contributed by atoms with Crippen molar-refractivity contribution < 1.29 is 4.79 Å². The summed E-state index contributed by atoms with van der Waals surface area (Å²) in [5, 5.41) is 2.94. The number of benzene rings is 2. The van der Waals surface area contributed by atoms with E-state index < -0.39 is 0 Å². The van der Waals surface area contributed by atoms with Gasteiger partial charge in [0.25, 0.3) is 0 Å². The zero-order valence-corrected chi connectivity index (χ0v) is 12.6. The first-order valence-electron chi connectivity index (χ1n) is 7.20. The molecule has 2 amide bonds. The van der Waals surface area contributed by atoms with E-state index in [2.05, 4.69) is 15.7 Å². The molecular formula is C17H18N4O. The van der Waals surface area contributed by atoms with Crippen LogP contribution in [0, 0.1) is 6.92 Å². The molecule has 5 nitrogen and oxygen atoms in total. The molecule has 0 radical (unpaired) electrons. The van der Waals surface area contributed by atoms with E-state index in [0.29, 0.717) is 0 Å². The van der Waals surface area contributed by atoms with Crippen molar-refractivity contribution in [1.82, 2.24) is 15.0 Å². The van der Waals surface area contributed by atoms with Crippen LogP contribution in [0.5, 0.6) is 0 Å². The molecule has 2 aromatic carbocycles. The average Bonchev–Trinajstić information content (AvgIpc) is 2.91. The van der Waals surface area contributed by atoms with Gasteiger partial charge in [0.1, 0.15) is 6.33 Å². The molecule has 1 atom stereocenters. The van der Waals surface area contributed by atoms with Crippen molar-refractivity contribution in [1.29, 1.82) is 0 Å². The minimum atomic E-state index is -0.265. The molecule has 0 bridgehead atoms. The van der Waals surface area contributed by atoms with Crippen molar-refractivity contribution >= 4 is 17.1 Å². The standard InChI is InChI=1S/C17H18N4O/c1-12-7-3-4-8-14(12)13(2)19-17(22)20-21-11-18-15-9-5-6-10-16(15)21/h3-11,13H,1-2H3,(H2,19,20,22). The first-order valence-corrected chi connectivity index (χ1v) is 7.20. The Bertz CT molecular complexity index is 809. The third-order valence-corrected chi connectivity index (χ3v) is 3.68. The van der Waals surface area contributed by atoms with Crippen LogP contribution in [-0.2, 0) is 0 Å². The van der Waals surface area contributed by atoms with E-state index in [9.17, 15) is 4.79 Å². The van der Waals surface area contributed by atoms with E-state index in [1.54, 1.807) is 11.0 Å². The van der Waals surface area contributed by atoms with Crippen LogP contribution >= 0.6 is 0 Å². The smallest absolute Gasteiger partial charge is 0.330 e. The molecule has 22 heavy (non-hydrogen) atoms. The Morgan fingerprint density at radius 3 is 2.68 bits per heavy atom. The first kappa shape index (κ1) is 14.1. The molecule has 112 valence electrons. The van der Waals surface area contributed by atoms with Gasteiger partial charge in [-0.05, 0) is 37.1 Å². The molecule has 0 spiro atoms. The van der Waals surface area contributed by atoms with Crippen LogP contribution in [-0.4, -0.2) is 15.7 Å². The van der Waals surface area contributed by atoms with Gasteiger partial charge in [-0.2, -0.15) is 0 Å². The second kappa shape index (κ2) is 5.89. The van der Waals surface area contributed by atoms with Crippen molar-refractivity contribution in [2.45, 2.75) is 19.9 Å². The number of amides is 2. The van der Waals surface area contributed by atoms with E-state index in [1.807, 2.05) is 62.4 Å². The van der Waals surface area contributed by atoms with Crippen LogP contribution in [0.15, 0.2) is 54.9 Å². The van der Waals surface area contributed by atoms with Crippen LogP contribution in [0.3, 0.4) is 0 Å². The van der Waals surface area contributed by atoms with E-state index in [1.165, 1.54) is 0 Å². The number of aryl methyl sites for hydroxylation is 1. The fourth-order valence-corrected chi connectivity index (χ4v) is 2.54. The van der Waals surface area contributed by atoms with Crippen LogP contribution < -0.4 is 10.7 Å². The Balaban J connectivity index is 1.71. The lowest BCUT2D eigenvalue weighted by molar-refractivity contribution is 0.247. The molecule has 5 heteroatoms.